The number of ether oxygens (including phenoxy) is 1. The highest BCUT2D eigenvalue weighted by Gasteiger charge is 2.22. The van der Waals surface area contributed by atoms with Gasteiger partial charge < -0.3 is 19.5 Å². The lowest BCUT2D eigenvalue weighted by Crippen LogP contribution is -2.43. The van der Waals surface area contributed by atoms with Crippen LogP contribution in [0, 0.1) is 0 Å². The monoisotopic (exact) mass is 383 g/mol. The molecule has 28 heavy (non-hydrogen) atoms. The van der Waals surface area contributed by atoms with Gasteiger partial charge in [-0.25, -0.2) is 4.79 Å². The zero-order chi connectivity index (χ0) is 19.8. The number of carbonyl (C=O) groups excluding carboxylic acids is 1. The third-order valence-corrected chi connectivity index (χ3v) is 4.77. The van der Waals surface area contributed by atoms with Crippen LogP contribution in [-0.4, -0.2) is 51.5 Å². The molecule has 3 rings (SSSR count). The van der Waals surface area contributed by atoms with Crippen molar-refractivity contribution in [2.45, 2.75) is 45.4 Å². The van der Waals surface area contributed by atoms with E-state index < -0.39 is 0 Å². The summed E-state index contributed by atoms with van der Waals surface area (Å²) in [6, 6.07) is 10.2. The Morgan fingerprint density at radius 1 is 1.39 bits per heavy atom. The predicted octanol–water partition coefficient (Wildman–Crippen LogP) is 3.26. The molecule has 7 heteroatoms. The molecule has 1 N–H and O–H groups in total. The highest BCUT2D eigenvalue weighted by molar-refractivity contribution is 5.74. The Balaban J connectivity index is 1.60. The highest BCUT2D eigenvalue weighted by atomic mass is 16.5. The molecule has 7 nitrogen and oxygen atoms in total. The van der Waals surface area contributed by atoms with Gasteiger partial charge in [0.2, 0.25) is 0 Å². The lowest BCUT2D eigenvalue weighted by molar-refractivity contribution is 0.0841. The van der Waals surface area contributed by atoms with Crippen LogP contribution in [0.1, 0.15) is 44.1 Å². The van der Waals surface area contributed by atoms with E-state index >= 15 is 0 Å². The molecule has 0 saturated carbocycles. The van der Waals surface area contributed by atoms with Crippen molar-refractivity contribution in [3.05, 3.63) is 54.1 Å². The summed E-state index contributed by atoms with van der Waals surface area (Å²) >= 11 is 0. The molecule has 1 saturated heterocycles. The van der Waals surface area contributed by atoms with E-state index in [9.17, 15) is 4.79 Å². The number of hydrogen-bond acceptors (Lipinski definition) is 4. The number of aromatic nitrogens is 3. The summed E-state index contributed by atoms with van der Waals surface area (Å²) in [7, 11) is 0. The molecular formula is C21H29N5O2. The molecule has 0 radical (unpaired) electrons. The molecule has 1 aromatic heterocycles. The van der Waals surface area contributed by atoms with E-state index in [0.29, 0.717) is 19.6 Å². The number of hydrogen-bond donors (Lipinski definition) is 1. The fraction of sp³-hybridized carbons (Fsp3) is 0.476. The second-order valence-corrected chi connectivity index (χ2v) is 7.26. The second kappa shape index (κ2) is 10.0. The minimum absolute atomic E-state index is 0.107. The Kier molecular flexibility index (Phi) is 7.19. The van der Waals surface area contributed by atoms with E-state index in [0.717, 1.165) is 30.8 Å². The Morgan fingerprint density at radius 3 is 2.93 bits per heavy atom. The van der Waals surface area contributed by atoms with Crippen molar-refractivity contribution in [2.75, 3.05) is 19.7 Å². The first kappa shape index (κ1) is 20.1. The van der Waals surface area contributed by atoms with Crippen molar-refractivity contribution < 1.29 is 9.53 Å². The molecule has 2 amide bonds. The van der Waals surface area contributed by atoms with Crippen molar-refractivity contribution in [3.63, 3.8) is 0 Å². The first-order valence-corrected chi connectivity index (χ1v) is 9.88. The van der Waals surface area contributed by atoms with Crippen molar-refractivity contribution in [2.24, 2.45) is 0 Å². The number of amides is 2. The summed E-state index contributed by atoms with van der Waals surface area (Å²) in [5.74, 6) is 0.750. The van der Waals surface area contributed by atoms with Gasteiger partial charge in [-0.05, 0) is 32.3 Å². The molecule has 0 unspecified atom stereocenters. The second-order valence-electron chi connectivity index (χ2n) is 7.26. The fourth-order valence-electron chi connectivity index (χ4n) is 3.25. The van der Waals surface area contributed by atoms with Crippen molar-refractivity contribution in [3.8, 4) is 0 Å². The van der Waals surface area contributed by atoms with Crippen LogP contribution in [-0.2, 0) is 11.3 Å². The lowest BCUT2D eigenvalue weighted by Gasteiger charge is -2.24. The van der Waals surface area contributed by atoms with Crippen LogP contribution < -0.4 is 5.32 Å². The Hall–Kier alpha value is -2.67. The van der Waals surface area contributed by atoms with Gasteiger partial charge in [0.15, 0.2) is 5.82 Å². The molecule has 1 aliphatic rings. The Bertz CT molecular complexity index is 766. The molecule has 1 atom stereocenters. The van der Waals surface area contributed by atoms with Crippen LogP contribution in [0.25, 0.3) is 6.08 Å². The van der Waals surface area contributed by atoms with E-state index in [-0.39, 0.29) is 18.2 Å². The summed E-state index contributed by atoms with van der Waals surface area (Å²) in [4.78, 5) is 14.6. The van der Waals surface area contributed by atoms with E-state index in [2.05, 4.69) is 29.4 Å². The molecule has 2 aromatic rings. The van der Waals surface area contributed by atoms with Crippen molar-refractivity contribution in [1.29, 1.82) is 0 Å². The topological polar surface area (TPSA) is 72.3 Å². The maximum atomic E-state index is 12.8. The quantitative estimate of drug-likeness (QED) is 0.759. The van der Waals surface area contributed by atoms with Crippen LogP contribution in [0.3, 0.4) is 0 Å². The van der Waals surface area contributed by atoms with Gasteiger partial charge in [-0.15, -0.1) is 10.2 Å². The number of carbonyl (C=O) groups is 1. The van der Waals surface area contributed by atoms with Gasteiger partial charge in [-0.1, -0.05) is 42.5 Å². The average Bonchev–Trinajstić information content (AvgIpc) is 3.38. The minimum atomic E-state index is -0.119. The van der Waals surface area contributed by atoms with Gasteiger partial charge in [0.25, 0.3) is 0 Å². The molecule has 2 heterocycles. The summed E-state index contributed by atoms with van der Waals surface area (Å²) in [6.45, 7) is 6.36. The number of rotatable bonds is 8. The van der Waals surface area contributed by atoms with Crippen LogP contribution >= 0.6 is 0 Å². The SMILES string of the molecule is CC(C)n1cnnc1CNC(=O)N(C/C=C/c1ccccc1)C[C@H]1CCCO1. The highest BCUT2D eigenvalue weighted by Crippen LogP contribution is 2.14. The van der Waals surface area contributed by atoms with Crippen LogP contribution in [0.15, 0.2) is 42.7 Å². The predicted molar refractivity (Wildman–Crippen MR) is 109 cm³/mol. The standard InChI is InChI=1S/C21H29N5O2/c1-17(2)26-16-23-24-20(26)14-22-21(27)25(15-19-11-7-13-28-19)12-6-10-18-8-4-3-5-9-18/h3-6,8-10,16-17,19H,7,11-15H2,1-2H3,(H,22,27)/b10-6+/t19-/m1/s1. The molecule has 1 aliphatic heterocycles. The average molecular weight is 383 g/mol. The summed E-state index contributed by atoms with van der Waals surface area (Å²) in [5.41, 5.74) is 1.12. The summed E-state index contributed by atoms with van der Waals surface area (Å²) < 4.78 is 7.69. The maximum Gasteiger partial charge on any atom is 0.318 e. The van der Waals surface area contributed by atoms with E-state index in [1.807, 2.05) is 47.1 Å². The van der Waals surface area contributed by atoms with Gasteiger partial charge in [-0.2, -0.15) is 0 Å². The number of nitrogens with zero attached hydrogens (tertiary/aromatic N) is 4. The summed E-state index contributed by atoms with van der Waals surface area (Å²) in [5, 5.41) is 11.0. The number of urea groups is 1. The number of benzene rings is 1. The minimum Gasteiger partial charge on any atom is -0.376 e. The van der Waals surface area contributed by atoms with Crippen molar-refractivity contribution in [1.82, 2.24) is 25.0 Å². The Labute approximate surface area is 166 Å². The Morgan fingerprint density at radius 2 is 2.21 bits per heavy atom. The summed E-state index contributed by atoms with van der Waals surface area (Å²) in [6.07, 6.45) is 7.89. The zero-order valence-electron chi connectivity index (χ0n) is 16.6. The van der Waals surface area contributed by atoms with E-state index in [1.165, 1.54) is 0 Å². The van der Waals surface area contributed by atoms with Gasteiger partial charge in [0, 0.05) is 25.7 Å². The van der Waals surface area contributed by atoms with Gasteiger partial charge in [0.05, 0.1) is 12.6 Å². The van der Waals surface area contributed by atoms with Crippen LogP contribution in [0.5, 0.6) is 0 Å². The van der Waals surface area contributed by atoms with Gasteiger partial charge in [-0.3, -0.25) is 0 Å². The van der Waals surface area contributed by atoms with Crippen LogP contribution in [0.4, 0.5) is 4.79 Å². The molecular weight excluding hydrogens is 354 g/mol. The van der Waals surface area contributed by atoms with Crippen molar-refractivity contribution >= 4 is 12.1 Å². The lowest BCUT2D eigenvalue weighted by atomic mass is 10.2. The fourth-order valence-corrected chi connectivity index (χ4v) is 3.25. The van der Waals surface area contributed by atoms with Gasteiger partial charge in [0.1, 0.15) is 6.33 Å². The normalized spacial score (nSPS) is 16.8. The third kappa shape index (κ3) is 5.66. The molecule has 0 aliphatic carbocycles. The van der Waals surface area contributed by atoms with Crippen LogP contribution in [0.2, 0.25) is 0 Å². The number of nitrogens with one attached hydrogen (secondary N) is 1. The largest absolute Gasteiger partial charge is 0.376 e. The zero-order valence-corrected chi connectivity index (χ0v) is 16.6. The first-order valence-electron chi connectivity index (χ1n) is 9.88. The maximum absolute atomic E-state index is 12.8. The van der Waals surface area contributed by atoms with Gasteiger partial charge >= 0.3 is 6.03 Å². The van der Waals surface area contributed by atoms with E-state index in [1.54, 1.807) is 11.2 Å². The molecule has 150 valence electrons. The third-order valence-electron chi connectivity index (χ3n) is 4.77. The molecule has 0 spiro atoms. The smallest absolute Gasteiger partial charge is 0.318 e. The molecule has 1 aromatic carbocycles. The first-order chi connectivity index (χ1) is 13.6. The molecule has 1 fully saturated rings. The van der Waals surface area contributed by atoms with E-state index in [4.69, 9.17) is 4.74 Å². The molecule has 0 bridgehead atoms.